The molecule has 0 radical (unpaired) electrons. The minimum atomic E-state index is -3.63. The molecule has 0 saturated heterocycles. The Balaban J connectivity index is 1.94. The molecule has 1 aromatic heterocycles. The molecule has 6 heteroatoms. The van der Waals surface area contributed by atoms with Crippen molar-refractivity contribution in [2.24, 2.45) is 0 Å². The van der Waals surface area contributed by atoms with Crippen LogP contribution in [0.2, 0.25) is 0 Å². The lowest BCUT2D eigenvalue weighted by Crippen LogP contribution is -2.18. The summed E-state index contributed by atoms with van der Waals surface area (Å²) in [5.74, 6) is 0.164. The maximum atomic E-state index is 12.3. The fourth-order valence-corrected chi connectivity index (χ4v) is 3.57. The highest BCUT2D eigenvalue weighted by atomic mass is 32.2. The van der Waals surface area contributed by atoms with E-state index in [1.165, 1.54) is 5.56 Å². The highest BCUT2D eigenvalue weighted by Gasteiger charge is 2.19. The topological polar surface area (TPSA) is 72.0 Å². The van der Waals surface area contributed by atoms with Crippen LogP contribution in [-0.4, -0.2) is 18.4 Å². The van der Waals surface area contributed by atoms with Crippen molar-refractivity contribution in [2.75, 3.05) is 4.72 Å². The third kappa shape index (κ3) is 2.90. The third-order valence-electron chi connectivity index (χ3n) is 3.67. The number of fused-ring (bicyclic) bond motifs is 1. The lowest BCUT2D eigenvalue weighted by molar-refractivity contribution is 0.600. The molecule has 0 atom stereocenters. The molecule has 0 spiro atoms. The second kappa shape index (κ2) is 5.44. The van der Waals surface area contributed by atoms with Gasteiger partial charge in [0.1, 0.15) is 0 Å². The molecule has 1 heterocycles. The van der Waals surface area contributed by atoms with Crippen LogP contribution in [0.5, 0.6) is 0 Å². The summed E-state index contributed by atoms with van der Waals surface area (Å²) in [7, 11) is -3.63. The molecular formula is C15H17N3O2S. The molecule has 0 saturated carbocycles. The monoisotopic (exact) mass is 303 g/mol. The lowest BCUT2D eigenvalue weighted by atomic mass is 9.95. The van der Waals surface area contributed by atoms with Gasteiger partial charge in [-0.3, -0.25) is 0 Å². The van der Waals surface area contributed by atoms with Gasteiger partial charge < -0.3 is 0 Å². The summed E-state index contributed by atoms with van der Waals surface area (Å²) in [6.45, 7) is 1.91. The Morgan fingerprint density at radius 3 is 2.52 bits per heavy atom. The predicted octanol–water partition coefficient (Wildman–Crippen LogP) is 2.46. The zero-order chi connectivity index (χ0) is 14.9. The fourth-order valence-electron chi connectivity index (χ4n) is 2.61. The van der Waals surface area contributed by atoms with Gasteiger partial charge in [-0.2, -0.15) is 0 Å². The van der Waals surface area contributed by atoms with E-state index in [-0.39, 0.29) is 10.8 Å². The van der Waals surface area contributed by atoms with Gasteiger partial charge in [-0.05, 0) is 50.3 Å². The number of nitrogens with one attached hydrogen (secondary N) is 1. The quantitative estimate of drug-likeness (QED) is 0.945. The van der Waals surface area contributed by atoms with Gasteiger partial charge in [0.2, 0.25) is 5.95 Å². The van der Waals surface area contributed by atoms with Crippen molar-refractivity contribution < 1.29 is 8.42 Å². The molecule has 5 nitrogen and oxygen atoms in total. The van der Waals surface area contributed by atoms with Crippen LogP contribution in [0.15, 0.2) is 35.2 Å². The number of aryl methyl sites for hydroxylation is 2. The average Bonchev–Trinajstić information content (AvgIpc) is 2.48. The van der Waals surface area contributed by atoms with E-state index < -0.39 is 10.0 Å². The molecule has 1 aliphatic rings. The van der Waals surface area contributed by atoms with Crippen LogP contribution >= 0.6 is 0 Å². The Morgan fingerprint density at radius 2 is 1.76 bits per heavy atom. The molecular weight excluding hydrogens is 286 g/mol. The highest BCUT2D eigenvalue weighted by Crippen LogP contribution is 2.23. The summed E-state index contributed by atoms with van der Waals surface area (Å²) < 4.78 is 27.1. The van der Waals surface area contributed by atoms with Gasteiger partial charge in [0.15, 0.2) is 0 Å². The number of anilines is 1. The first-order valence-electron chi connectivity index (χ1n) is 7.00. The molecule has 110 valence electrons. The van der Waals surface area contributed by atoms with Crippen molar-refractivity contribution in [3.8, 4) is 0 Å². The van der Waals surface area contributed by atoms with Gasteiger partial charge in [-0.25, -0.2) is 23.1 Å². The van der Waals surface area contributed by atoms with E-state index in [2.05, 4.69) is 14.7 Å². The summed E-state index contributed by atoms with van der Waals surface area (Å²) in [5, 5.41) is 0. The predicted molar refractivity (Wildman–Crippen MR) is 80.7 cm³/mol. The SMILES string of the molecule is Cc1nc(NS(=O)(=O)c2ccccc2)nc2c1CCCC2. The van der Waals surface area contributed by atoms with E-state index in [1.807, 2.05) is 6.92 Å². The van der Waals surface area contributed by atoms with Gasteiger partial charge in [-0.1, -0.05) is 18.2 Å². The summed E-state index contributed by atoms with van der Waals surface area (Å²) >= 11 is 0. The first-order chi connectivity index (χ1) is 10.1. The highest BCUT2D eigenvalue weighted by molar-refractivity contribution is 7.92. The standard InChI is InChI=1S/C15H17N3O2S/c1-11-13-9-5-6-10-14(13)17-15(16-11)18-21(19,20)12-7-3-2-4-8-12/h2-4,7-8H,5-6,9-10H2,1H3,(H,16,17,18). The van der Waals surface area contributed by atoms with E-state index in [1.54, 1.807) is 30.3 Å². The van der Waals surface area contributed by atoms with Crippen molar-refractivity contribution in [1.29, 1.82) is 0 Å². The summed E-state index contributed by atoms with van der Waals surface area (Å²) in [6, 6.07) is 8.25. The lowest BCUT2D eigenvalue weighted by Gasteiger charge is -2.17. The number of rotatable bonds is 3. The molecule has 0 aliphatic heterocycles. The first kappa shape index (κ1) is 14.0. The van der Waals surface area contributed by atoms with E-state index in [4.69, 9.17) is 0 Å². The second-order valence-electron chi connectivity index (χ2n) is 5.18. The second-order valence-corrected chi connectivity index (χ2v) is 6.87. The van der Waals surface area contributed by atoms with Gasteiger partial charge in [0.25, 0.3) is 10.0 Å². The minimum absolute atomic E-state index is 0.164. The molecule has 3 rings (SSSR count). The van der Waals surface area contributed by atoms with E-state index in [0.29, 0.717) is 0 Å². The molecule has 0 amide bonds. The smallest absolute Gasteiger partial charge is 0.247 e. The van der Waals surface area contributed by atoms with Crippen LogP contribution in [0.3, 0.4) is 0 Å². The van der Waals surface area contributed by atoms with Crippen LogP contribution in [0.1, 0.15) is 29.8 Å². The van der Waals surface area contributed by atoms with Gasteiger partial charge in [0, 0.05) is 11.4 Å². The Labute approximate surface area is 124 Å². The minimum Gasteiger partial charge on any atom is -0.247 e. The molecule has 0 unspecified atom stereocenters. The maximum absolute atomic E-state index is 12.3. The van der Waals surface area contributed by atoms with Gasteiger partial charge in [0.05, 0.1) is 4.90 Å². The van der Waals surface area contributed by atoms with Gasteiger partial charge in [-0.15, -0.1) is 0 Å². The number of sulfonamides is 1. The Bertz CT molecular complexity index is 758. The van der Waals surface area contributed by atoms with E-state index in [9.17, 15) is 8.42 Å². The van der Waals surface area contributed by atoms with Crippen molar-refractivity contribution in [2.45, 2.75) is 37.5 Å². The zero-order valence-electron chi connectivity index (χ0n) is 11.8. The van der Waals surface area contributed by atoms with Crippen molar-refractivity contribution in [3.05, 3.63) is 47.3 Å². The Kier molecular flexibility index (Phi) is 3.63. The molecule has 1 N–H and O–H groups in total. The van der Waals surface area contributed by atoms with Crippen LogP contribution in [-0.2, 0) is 22.9 Å². The molecule has 0 bridgehead atoms. The maximum Gasteiger partial charge on any atom is 0.264 e. The molecule has 2 aromatic rings. The van der Waals surface area contributed by atoms with Crippen molar-refractivity contribution in [3.63, 3.8) is 0 Å². The average molecular weight is 303 g/mol. The number of aromatic nitrogens is 2. The molecule has 21 heavy (non-hydrogen) atoms. The first-order valence-corrected chi connectivity index (χ1v) is 8.49. The van der Waals surface area contributed by atoms with Crippen LogP contribution < -0.4 is 4.72 Å². The molecule has 1 aliphatic carbocycles. The van der Waals surface area contributed by atoms with Gasteiger partial charge >= 0.3 is 0 Å². The van der Waals surface area contributed by atoms with E-state index in [0.717, 1.165) is 37.1 Å². The number of benzene rings is 1. The molecule has 1 aromatic carbocycles. The van der Waals surface area contributed by atoms with Crippen LogP contribution in [0.25, 0.3) is 0 Å². The van der Waals surface area contributed by atoms with Crippen LogP contribution in [0.4, 0.5) is 5.95 Å². The fraction of sp³-hybridized carbons (Fsp3) is 0.333. The van der Waals surface area contributed by atoms with Crippen molar-refractivity contribution >= 4 is 16.0 Å². The largest absolute Gasteiger partial charge is 0.264 e. The zero-order valence-corrected chi connectivity index (χ0v) is 12.7. The number of hydrogen-bond donors (Lipinski definition) is 1. The summed E-state index contributed by atoms with van der Waals surface area (Å²) in [6.07, 6.45) is 4.10. The third-order valence-corrected chi connectivity index (χ3v) is 5.01. The Morgan fingerprint density at radius 1 is 1.05 bits per heavy atom. The number of hydrogen-bond acceptors (Lipinski definition) is 4. The van der Waals surface area contributed by atoms with Crippen LogP contribution in [0, 0.1) is 6.92 Å². The normalized spacial score (nSPS) is 14.5. The molecule has 0 fully saturated rings. The summed E-state index contributed by atoms with van der Waals surface area (Å²) in [4.78, 5) is 8.89. The van der Waals surface area contributed by atoms with E-state index >= 15 is 0 Å². The number of nitrogens with zero attached hydrogens (tertiary/aromatic N) is 2. The Hall–Kier alpha value is -1.95. The van der Waals surface area contributed by atoms with Crippen molar-refractivity contribution in [1.82, 2.24) is 9.97 Å². The summed E-state index contributed by atoms with van der Waals surface area (Å²) in [5.41, 5.74) is 3.01.